The van der Waals surface area contributed by atoms with Gasteiger partial charge in [0.15, 0.2) is 0 Å². The third kappa shape index (κ3) is 3.65. The Kier molecular flexibility index (Phi) is 3.36. The molecule has 2 atom stereocenters. The Balaban J connectivity index is 2.48. The molecule has 2 N–H and O–H groups in total. The predicted octanol–water partition coefficient (Wildman–Crippen LogP) is 1.92. The maximum absolute atomic E-state index is 9.69. The van der Waals surface area contributed by atoms with Crippen molar-refractivity contribution in [3.05, 3.63) is 0 Å². The van der Waals surface area contributed by atoms with Crippen molar-refractivity contribution in [1.82, 2.24) is 5.32 Å². The molecule has 1 aliphatic heterocycles. The molecule has 0 spiro atoms. The average Bonchev–Trinajstić information content (AvgIpc) is 1.78. The van der Waals surface area contributed by atoms with E-state index in [0.29, 0.717) is 12.0 Å². The fourth-order valence-corrected chi connectivity index (χ4v) is 2.40. The molecule has 0 radical (unpaired) electrons. The summed E-state index contributed by atoms with van der Waals surface area (Å²) < 4.78 is 0. The fourth-order valence-electron chi connectivity index (χ4n) is 2.40. The van der Waals surface area contributed by atoms with Gasteiger partial charge >= 0.3 is 0 Å². The summed E-state index contributed by atoms with van der Waals surface area (Å²) in [5.74, 6) is 0.707. The smallest absolute Gasteiger partial charge is 0.0572 e. The summed E-state index contributed by atoms with van der Waals surface area (Å²) in [7, 11) is 0. The van der Waals surface area contributed by atoms with E-state index in [1.807, 2.05) is 0 Å². The molecule has 0 aliphatic carbocycles. The minimum Gasteiger partial charge on any atom is -0.393 e. The second-order valence-corrected chi connectivity index (χ2v) is 5.45. The molecule has 0 saturated carbocycles. The molecule has 2 unspecified atom stereocenters. The molecule has 2 nitrogen and oxygen atoms in total. The Bertz CT molecular complexity index is 163. The van der Waals surface area contributed by atoms with Crippen LogP contribution >= 0.6 is 0 Å². The first-order chi connectivity index (χ1) is 5.89. The number of aliphatic hydroxyl groups is 1. The van der Waals surface area contributed by atoms with E-state index in [2.05, 4.69) is 33.0 Å². The van der Waals surface area contributed by atoms with Crippen molar-refractivity contribution in [1.29, 1.82) is 0 Å². The first-order valence-electron chi connectivity index (χ1n) is 5.35. The van der Waals surface area contributed by atoms with Gasteiger partial charge in [0.25, 0.3) is 0 Å². The van der Waals surface area contributed by atoms with Crippen molar-refractivity contribution in [2.45, 2.75) is 64.6 Å². The Morgan fingerprint density at radius 2 is 2.08 bits per heavy atom. The van der Waals surface area contributed by atoms with Crippen molar-refractivity contribution in [3.63, 3.8) is 0 Å². The van der Waals surface area contributed by atoms with Gasteiger partial charge in [-0.2, -0.15) is 0 Å². The zero-order chi connectivity index (χ0) is 10.1. The van der Waals surface area contributed by atoms with Gasteiger partial charge in [0.05, 0.1) is 6.10 Å². The van der Waals surface area contributed by atoms with Crippen LogP contribution in [0.1, 0.15) is 47.0 Å². The standard InChI is InChI=1S/C11H23NO/c1-8(2)5-9-6-10(13)7-11(3,4)12-9/h8-10,12-13H,5-7H2,1-4H3. The molecule has 0 aromatic rings. The highest BCUT2D eigenvalue weighted by atomic mass is 16.3. The van der Waals surface area contributed by atoms with Gasteiger partial charge < -0.3 is 10.4 Å². The van der Waals surface area contributed by atoms with E-state index in [-0.39, 0.29) is 11.6 Å². The van der Waals surface area contributed by atoms with Gasteiger partial charge in [-0.1, -0.05) is 13.8 Å². The quantitative estimate of drug-likeness (QED) is 0.689. The summed E-state index contributed by atoms with van der Waals surface area (Å²) in [5.41, 5.74) is 0.108. The van der Waals surface area contributed by atoms with E-state index in [0.717, 1.165) is 12.8 Å². The van der Waals surface area contributed by atoms with Crippen LogP contribution < -0.4 is 5.32 Å². The maximum atomic E-state index is 9.69. The van der Waals surface area contributed by atoms with E-state index in [4.69, 9.17) is 0 Å². The summed E-state index contributed by atoms with van der Waals surface area (Å²) in [6.07, 6.45) is 2.85. The van der Waals surface area contributed by atoms with Gasteiger partial charge in [0.1, 0.15) is 0 Å². The first kappa shape index (κ1) is 11.0. The largest absolute Gasteiger partial charge is 0.393 e. The lowest BCUT2D eigenvalue weighted by Gasteiger charge is -2.40. The van der Waals surface area contributed by atoms with E-state index in [1.54, 1.807) is 0 Å². The molecule has 1 fully saturated rings. The summed E-state index contributed by atoms with van der Waals surface area (Å²) in [4.78, 5) is 0. The lowest BCUT2D eigenvalue weighted by molar-refractivity contribution is 0.0616. The van der Waals surface area contributed by atoms with Gasteiger partial charge in [-0.3, -0.25) is 0 Å². The second-order valence-electron chi connectivity index (χ2n) is 5.45. The maximum Gasteiger partial charge on any atom is 0.0572 e. The highest BCUT2D eigenvalue weighted by molar-refractivity contribution is 4.91. The van der Waals surface area contributed by atoms with Crippen LogP contribution in [0, 0.1) is 5.92 Å². The molecular formula is C11H23NO. The average molecular weight is 185 g/mol. The zero-order valence-electron chi connectivity index (χ0n) is 9.30. The van der Waals surface area contributed by atoms with Gasteiger partial charge in [-0.15, -0.1) is 0 Å². The molecule has 1 aliphatic rings. The minimum absolute atomic E-state index is 0.108. The molecule has 1 saturated heterocycles. The van der Waals surface area contributed by atoms with E-state index in [1.165, 1.54) is 6.42 Å². The third-order valence-electron chi connectivity index (χ3n) is 2.65. The van der Waals surface area contributed by atoms with Crippen LogP contribution in [0.3, 0.4) is 0 Å². The van der Waals surface area contributed by atoms with Crippen LogP contribution in [-0.2, 0) is 0 Å². The highest BCUT2D eigenvalue weighted by Crippen LogP contribution is 2.25. The van der Waals surface area contributed by atoms with Crippen molar-refractivity contribution in [2.75, 3.05) is 0 Å². The number of piperidine rings is 1. The SMILES string of the molecule is CC(C)CC1CC(O)CC(C)(C)N1. The van der Waals surface area contributed by atoms with Gasteiger partial charge in [0, 0.05) is 11.6 Å². The van der Waals surface area contributed by atoms with E-state index < -0.39 is 0 Å². The monoisotopic (exact) mass is 185 g/mol. The number of aliphatic hydroxyl groups excluding tert-OH is 1. The predicted molar refractivity (Wildman–Crippen MR) is 55.7 cm³/mol. The topological polar surface area (TPSA) is 32.3 Å². The highest BCUT2D eigenvalue weighted by Gasteiger charge is 2.32. The second kappa shape index (κ2) is 3.97. The van der Waals surface area contributed by atoms with E-state index in [9.17, 15) is 5.11 Å². The molecule has 0 bridgehead atoms. The lowest BCUT2D eigenvalue weighted by Crippen LogP contribution is -2.54. The number of nitrogens with one attached hydrogen (secondary N) is 1. The number of hydrogen-bond acceptors (Lipinski definition) is 2. The van der Waals surface area contributed by atoms with Crippen LogP contribution in [-0.4, -0.2) is 22.8 Å². The van der Waals surface area contributed by atoms with Gasteiger partial charge in [-0.05, 0) is 39.0 Å². The summed E-state index contributed by atoms with van der Waals surface area (Å²) in [6.45, 7) is 8.80. The summed E-state index contributed by atoms with van der Waals surface area (Å²) in [5, 5.41) is 13.3. The molecule has 2 heteroatoms. The molecule has 0 aromatic carbocycles. The molecule has 13 heavy (non-hydrogen) atoms. The van der Waals surface area contributed by atoms with E-state index >= 15 is 0 Å². The molecular weight excluding hydrogens is 162 g/mol. The summed E-state index contributed by atoms with van der Waals surface area (Å²) >= 11 is 0. The van der Waals surface area contributed by atoms with Gasteiger partial charge in [0.2, 0.25) is 0 Å². The number of hydrogen-bond donors (Lipinski definition) is 2. The zero-order valence-corrected chi connectivity index (χ0v) is 9.30. The Morgan fingerprint density at radius 3 is 2.54 bits per heavy atom. The van der Waals surface area contributed by atoms with Crippen LogP contribution in [0.15, 0.2) is 0 Å². The fraction of sp³-hybridized carbons (Fsp3) is 1.00. The van der Waals surface area contributed by atoms with Crippen LogP contribution in [0.4, 0.5) is 0 Å². The van der Waals surface area contributed by atoms with Crippen LogP contribution in [0.5, 0.6) is 0 Å². The Hall–Kier alpha value is -0.0800. The van der Waals surface area contributed by atoms with Crippen LogP contribution in [0.25, 0.3) is 0 Å². The minimum atomic E-state index is -0.111. The molecule has 78 valence electrons. The molecule has 1 heterocycles. The summed E-state index contributed by atoms with van der Waals surface area (Å²) in [6, 6.07) is 0.499. The number of rotatable bonds is 2. The molecule has 1 rings (SSSR count). The van der Waals surface area contributed by atoms with Gasteiger partial charge in [-0.25, -0.2) is 0 Å². The van der Waals surface area contributed by atoms with Crippen molar-refractivity contribution in [3.8, 4) is 0 Å². The third-order valence-corrected chi connectivity index (χ3v) is 2.65. The van der Waals surface area contributed by atoms with Crippen molar-refractivity contribution < 1.29 is 5.11 Å². The Morgan fingerprint density at radius 1 is 1.46 bits per heavy atom. The molecule has 0 amide bonds. The lowest BCUT2D eigenvalue weighted by atomic mass is 9.84. The van der Waals surface area contributed by atoms with Crippen molar-refractivity contribution >= 4 is 0 Å². The normalized spacial score (nSPS) is 33.7. The Labute approximate surface area is 81.7 Å². The molecule has 0 aromatic heterocycles. The van der Waals surface area contributed by atoms with Crippen molar-refractivity contribution in [2.24, 2.45) is 5.92 Å². The first-order valence-corrected chi connectivity index (χ1v) is 5.35. The van der Waals surface area contributed by atoms with Crippen LogP contribution in [0.2, 0.25) is 0 Å².